The maximum atomic E-state index is 11.3. The van der Waals surface area contributed by atoms with Crippen molar-refractivity contribution >= 4 is 23.1 Å². The molecule has 2 rings (SSSR count). The minimum absolute atomic E-state index is 0.141. The first-order chi connectivity index (χ1) is 11.8. The van der Waals surface area contributed by atoms with E-state index in [-0.39, 0.29) is 11.8 Å². The summed E-state index contributed by atoms with van der Waals surface area (Å²) in [5.41, 5.74) is 2.46. The third kappa shape index (κ3) is 4.92. The molecule has 0 saturated carbocycles. The van der Waals surface area contributed by atoms with E-state index in [0.717, 1.165) is 23.0 Å². The standard InChI is InChI=1S/C19H26N4O2/c1-11(2)16-10-18(23-19(22-16)12(3)4)21-14-7-8-15(20-13(5)24)17(9-14)25-6/h7-12H,1-6H3,(H,20,24)(H,21,22,23). The normalized spacial score (nSPS) is 10.9. The van der Waals surface area contributed by atoms with Crippen LogP contribution < -0.4 is 15.4 Å². The van der Waals surface area contributed by atoms with Gasteiger partial charge in [-0.3, -0.25) is 4.79 Å². The van der Waals surface area contributed by atoms with E-state index in [0.29, 0.717) is 17.4 Å². The molecule has 0 aliphatic heterocycles. The van der Waals surface area contributed by atoms with E-state index in [9.17, 15) is 4.79 Å². The monoisotopic (exact) mass is 342 g/mol. The third-order valence-electron chi connectivity index (χ3n) is 3.66. The second-order valence-corrected chi connectivity index (χ2v) is 6.57. The van der Waals surface area contributed by atoms with Crippen molar-refractivity contribution in [1.82, 2.24) is 9.97 Å². The number of ether oxygens (including phenoxy) is 1. The Hall–Kier alpha value is -2.63. The van der Waals surface area contributed by atoms with Gasteiger partial charge in [0.25, 0.3) is 0 Å². The van der Waals surface area contributed by atoms with E-state index in [1.807, 2.05) is 18.2 Å². The molecule has 25 heavy (non-hydrogen) atoms. The quantitative estimate of drug-likeness (QED) is 0.812. The van der Waals surface area contributed by atoms with Crippen LogP contribution in [-0.4, -0.2) is 23.0 Å². The first-order valence-corrected chi connectivity index (χ1v) is 8.41. The summed E-state index contributed by atoms with van der Waals surface area (Å²) < 4.78 is 5.36. The van der Waals surface area contributed by atoms with Crippen LogP contribution in [0.2, 0.25) is 0 Å². The van der Waals surface area contributed by atoms with Gasteiger partial charge in [0.1, 0.15) is 17.4 Å². The molecular weight excluding hydrogens is 316 g/mol. The molecule has 0 aliphatic rings. The second kappa shape index (κ2) is 7.96. The lowest BCUT2D eigenvalue weighted by molar-refractivity contribution is -0.114. The number of nitrogens with one attached hydrogen (secondary N) is 2. The third-order valence-corrected chi connectivity index (χ3v) is 3.66. The van der Waals surface area contributed by atoms with Crippen molar-refractivity contribution in [2.45, 2.75) is 46.5 Å². The fourth-order valence-corrected chi connectivity index (χ4v) is 2.31. The molecule has 0 radical (unpaired) electrons. The van der Waals surface area contributed by atoms with Crippen molar-refractivity contribution < 1.29 is 9.53 Å². The van der Waals surface area contributed by atoms with Gasteiger partial charge in [-0.25, -0.2) is 9.97 Å². The van der Waals surface area contributed by atoms with Crippen LogP contribution in [0.4, 0.5) is 17.2 Å². The Morgan fingerprint density at radius 1 is 1.08 bits per heavy atom. The van der Waals surface area contributed by atoms with E-state index in [4.69, 9.17) is 4.74 Å². The lowest BCUT2D eigenvalue weighted by Gasteiger charge is -2.15. The molecule has 0 bridgehead atoms. The Morgan fingerprint density at radius 2 is 1.80 bits per heavy atom. The van der Waals surface area contributed by atoms with E-state index in [2.05, 4.69) is 48.3 Å². The van der Waals surface area contributed by atoms with Crippen LogP contribution in [0.1, 0.15) is 58.0 Å². The number of carbonyl (C=O) groups is 1. The summed E-state index contributed by atoms with van der Waals surface area (Å²) in [6, 6.07) is 7.47. The number of carbonyl (C=O) groups excluding carboxylic acids is 1. The van der Waals surface area contributed by atoms with Crippen molar-refractivity contribution in [3.8, 4) is 5.75 Å². The highest BCUT2D eigenvalue weighted by molar-refractivity contribution is 5.90. The Bertz CT molecular complexity index is 731. The number of amides is 1. The molecule has 0 spiro atoms. The predicted molar refractivity (Wildman–Crippen MR) is 101 cm³/mol. The van der Waals surface area contributed by atoms with Gasteiger partial charge in [0.15, 0.2) is 0 Å². The van der Waals surface area contributed by atoms with Gasteiger partial charge >= 0.3 is 0 Å². The first-order valence-electron chi connectivity index (χ1n) is 8.41. The van der Waals surface area contributed by atoms with Gasteiger partial charge in [0.05, 0.1) is 12.8 Å². The van der Waals surface area contributed by atoms with Crippen LogP contribution in [0.15, 0.2) is 24.3 Å². The molecular formula is C19H26N4O2. The summed E-state index contributed by atoms with van der Waals surface area (Å²) >= 11 is 0. The van der Waals surface area contributed by atoms with Crippen LogP contribution in [0.3, 0.4) is 0 Å². The van der Waals surface area contributed by atoms with Gasteiger partial charge in [-0.05, 0) is 18.1 Å². The average molecular weight is 342 g/mol. The number of anilines is 3. The maximum Gasteiger partial charge on any atom is 0.221 e. The molecule has 0 atom stereocenters. The smallest absolute Gasteiger partial charge is 0.221 e. The lowest BCUT2D eigenvalue weighted by atomic mass is 10.1. The zero-order valence-electron chi connectivity index (χ0n) is 15.7. The lowest BCUT2D eigenvalue weighted by Crippen LogP contribution is -2.08. The van der Waals surface area contributed by atoms with Crippen molar-refractivity contribution in [3.63, 3.8) is 0 Å². The molecule has 0 fully saturated rings. The molecule has 2 N–H and O–H groups in total. The van der Waals surface area contributed by atoms with Crippen molar-refractivity contribution in [3.05, 3.63) is 35.8 Å². The molecule has 1 aromatic carbocycles. The SMILES string of the molecule is COc1cc(Nc2cc(C(C)C)nc(C(C)C)n2)ccc1NC(C)=O. The van der Waals surface area contributed by atoms with Gasteiger partial charge in [-0.15, -0.1) is 0 Å². The Kier molecular flexibility index (Phi) is 5.96. The molecule has 1 heterocycles. The molecule has 6 heteroatoms. The number of benzene rings is 1. The van der Waals surface area contributed by atoms with Gasteiger partial charge in [0.2, 0.25) is 5.91 Å². The Morgan fingerprint density at radius 3 is 2.36 bits per heavy atom. The second-order valence-electron chi connectivity index (χ2n) is 6.57. The van der Waals surface area contributed by atoms with Gasteiger partial charge in [0, 0.05) is 36.4 Å². The van der Waals surface area contributed by atoms with E-state index < -0.39 is 0 Å². The molecule has 0 aliphatic carbocycles. The van der Waals surface area contributed by atoms with Crippen LogP contribution >= 0.6 is 0 Å². The molecule has 1 aromatic heterocycles. The number of hydrogen-bond donors (Lipinski definition) is 2. The van der Waals surface area contributed by atoms with Crippen LogP contribution in [0.5, 0.6) is 5.75 Å². The maximum absolute atomic E-state index is 11.3. The van der Waals surface area contributed by atoms with Gasteiger partial charge < -0.3 is 15.4 Å². The molecule has 0 unspecified atom stereocenters. The van der Waals surface area contributed by atoms with Gasteiger partial charge in [-0.1, -0.05) is 27.7 Å². The van der Waals surface area contributed by atoms with Crippen LogP contribution in [-0.2, 0) is 4.79 Å². The van der Waals surface area contributed by atoms with E-state index in [1.54, 1.807) is 13.2 Å². The van der Waals surface area contributed by atoms with Crippen molar-refractivity contribution in [1.29, 1.82) is 0 Å². The topological polar surface area (TPSA) is 76.1 Å². The number of hydrogen-bond acceptors (Lipinski definition) is 5. The Balaban J connectivity index is 2.34. The van der Waals surface area contributed by atoms with Crippen LogP contribution in [0, 0.1) is 0 Å². The van der Waals surface area contributed by atoms with Gasteiger partial charge in [-0.2, -0.15) is 0 Å². The molecule has 0 saturated heterocycles. The first kappa shape index (κ1) is 18.7. The Labute approximate surface area is 149 Å². The molecule has 2 aromatic rings. The van der Waals surface area contributed by atoms with E-state index >= 15 is 0 Å². The highest BCUT2D eigenvalue weighted by Gasteiger charge is 2.12. The predicted octanol–water partition coefficient (Wildman–Crippen LogP) is 4.43. The fraction of sp³-hybridized carbons (Fsp3) is 0.421. The summed E-state index contributed by atoms with van der Waals surface area (Å²) in [5, 5.41) is 6.05. The number of aromatic nitrogens is 2. The minimum Gasteiger partial charge on any atom is -0.494 e. The van der Waals surface area contributed by atoms with Crippen molar-refractivity contribution in [2.75, 3.05) is 17.7 Å². The number of nitrogens with zero attached hydrogens (tertiary/aromatic N) is 2. The minimum atomic E-state index is -0.141. The average Bonchev–Trinajstić information content (AvgIpc) is 2.55. The summed E-state index contributed by atoms with van der Waals surface area (Å²) in [7, 11) is 1.57. The summed E-state index contributed by atoms with van der Waals surface area (Å²) in [6.07, 6.45) is 0. The summed E-state index contributed by atoms with van der Waals surface area (Å²) in [5.74, 6) is 2.57. The molecule has 6 nitrogen and oxygen atoms in total. The number of rotatable bonds is 6. The zero-order chi connectivity index (χ0) is 18.6. The summed E-state index contributed by atoms with van der Waals surface area (Å²) in [6.45, 7) is 9.85. The fourth-order valence-electron chi connectivity index (χ4n) is 2.31. The highest BCUT2D eigenvalue weighted by atomic mass is 16.5. The highest BCUT2D eigenvalue weighted by Crippen LogP contribution is 2.30. The van der Waals surface area contributed by atoms with Crippen LogP contribution in [0.25, 0.3) is 0 Å². The summed E-state index contributed by atoms with van der Waals surface area (Å²) in [4.78, 5) is 20.5. The van der Waals surface area contributed by atoms with Crippen molar-refractivity contribution in [2.24, 2.45) is 0 Å². The molecule has 1 amide bonds. The largest absolute Gasteiger partial charge is 0.494 e. The number of methoxy groups -OCH3 is 1. The van der Waals surface area contributed by atoms with E-state index in [1.165, 1.54) is 6.92 Å². The zero-order valence-corrected chi connectivity index (χ0v) is 15.7. The molecule has 134 valence electrons.